The molecular formula is C19H22F3N3O2S. The number of nitrogens with zero attached hydrogens (tertiary/aromatic N) is 2. The van der Waals surface area contributed by atoms with Gasteiger partial charge < -0.3 is 10.2 Å². The Balaban J connectivity index is 2.12. The average Bonchev–Trinajstić information content (AvgIpc) is 3.01. The average molecular weight is 413 g/mol. The lowest BCUT2D eigenvalue weighted by molar-refractivity contribution is -0.137. The molecule has 0 saturated carbocycles. The van der Waals surface area contributed by atoms with Crippen LogP contribution in [0, 0.1) is 12.8 Å². The fraction of sp³-hybridized carbons (Fsp3) is 0.421. The maximum Gasteiger partial charge on any atom is 0.416 e. The van der Waals surface area contributed by atoms with E-state index in [1.165, 1.54) is 16.2 Å². The second-order valence-electron chi connectivity index (χ2n) is 6.83. The third-order valence-electron chi connectivity index (χ3n) is 3.92. The first-order valence-corrected chi connectivity index (χ1v) is 9.62. The van der Waals surface area contributed by atoms with Crippen LogP contribution in [0.2, 0.25) is 0 Å². The molecule has 152 valence electrons. The predicted molar refractivity (Wildman–Crippen MR) is 102 cm³/mol. The van der Waals surface area contributed by atoms with Crippen LogP contribution in [0.1, 0.15) is 41.9 Å². The molecule has 0 atom stereocenters. The Morgan fingerprint density at radius 3 is 2.36 bits per heavy atom. The van der Waals surface area contributed by atoms with Gasteiger partial charge in [-0.3, -0.25) is 9.59 Å². The zero-order valence-electron chi connectivity index (χ0n) is 15.8. The van der Waals surface area contributed by atoms with Gasteiger partial charge >= 0.3 is 6.18 Å². The number of aryl methyl sites for hydroxylation is 1. The molecule has 2 aromatic rings. The van der Waals surface area contributed by atoms with E-state index in [0.29, 0.717) is 24.0 Å². The van der Waals surface area contributed by atoms with Crippen molar-refractivity contribution in [2.24, 2.45) is 5.92 Å². The van der Waals surface area contributed by atoms with Crippen LogP contribution >= 0.6 is 11.3 Å². The van der Waals surface area contributed by atoms with Gasteiger partial charge in [0.15, 0.2) is 5.13 Å². The van der Waals surface area contributed by atoms with E-state index in [2.05, 4.69) is 10.3 Å². The van der Waals surface area contributed by atoms with E-state index < -0.39 is 23.6 Å². The van der Waals surface area contributed by atoms with E-state index in [1.54, 1.807) is 12.3 Å². The number of aromatic nitrogens is 1. The minimum absolute atomic E-state index is 0.106. The summed E-state index contributed by atoms with van der Waals surface area (Å²) in [7, 11) is 0. The van der Waals surface area contributed by atoms with Crippen LogP contribution in [0.25, 0.3) is 0 Å². The van der Waals surface area contributed by atoms with E-state index in [1.807, 2.05) is 13.8 Å². The Kier molecular flexibility index (Phi) is 7.17. The SMILES string of the molecule is Cc1csc(NC(=O)CN(CCC(C)C)C(=O)c2ccc(C(F)(F)F)cc2)n1. The van der Waals surface area contributed by atoms with Crippen molar-refractivity contribution < 1.29 is 22.8 Å². The summed E-state index contributed by atoms with van der Waals surface area (Å²) in [6.45, 7) is 5.89. The number of rotatable bonds is 7. The van der Waals surface area contributed by atoms with Crippen molar-refractivity contribution in [2.75, 3.05) is 18.4 Å². The van der Waals surface area contributed by atoms with E-state index in [0.717, 1.165) is 30.0 Å². The number of benzene rings is 1. The van der Waals surface area contributed by atoms with Crippen molar-refractivity contribution in [1.29, 1.82) is 0 Å². The van der Waals surface area contributed by atoms with Crippen LogP contribution in [0.5, 0.6) is 0 Å². The monoisotopic (exact) mass is 413 g/mol. The van der Waals surface area contributed by atoms with Crippen molar-refractivity contribution in [3.8, 4) is 0 Å². The topological polar surface area (TPSA) is 62.3 Å². The fourth-order valence-corrected chi connectivity index (χ4v) is 3.10. The molecule has 1 aromatic heterocycles. The second-order valence-corrected chi connectivity index (χ2v) is 7.68. The molecule has 0 aliphatic carbocycles. The molecular weight excluding hydrogens is 391 g/mol. The molecule has 0 bridgehead atoms. The van der Waals surface area contributed by atoms with Gasteiger partial charge in [-0.15, -0.1) is 11.3 Å². The molecule has 2 amide bonds. The Morgan fingerprint density at radius 2 is 1.86 bits per heavy atom. The van der Waals surface area contributed by atoms with Crippen LogP contribution in [0.15, 0.2) is 29.6 Å². The Morgan fingerprint density at radius 1 is 1.21 bits per heavy atom. The Hall–Kier alpha value is -2.42. The second kappa shape index (κ2) is 9.18. The van der Waals surface area contributed by atoms with Crippen LogP contribution in [-0.4, -0.2) is 34.8 Å². The third-order valence-corrected chi connectivity index (χ3v) is 4.80. The summed E-state index contributed by atoms with van der Waals surface area (Å²) >= 11 is 1.28. The number of halogens is 3. The Bertz CT molecular complexity index is 817. The number of amides is 2. The molecule has 0 unspecified atom stereocenters. The molecule has 28 heavy (non-hydrogen) atoms. The molecule has 0 aliphatic rings. The van der Waals surface area contributed by atoms with Gasteiger partial charge in [0.1, 0.15) is 6.54 Å². The number of anilines is 1. The fourth-order valence-electron chi connectivity index (χ4n) is 2.39. The van der Waals surface area contributed by atoms with Gasteiger partial charge in [0.25, 0.3) is 5.91 Å². The minimum atomic E-state index is -4.47. The lowest BCUT2D eigenvalue weighted by atomic mass is 10.1. The standard InChI is InChI=1S/C19H22F3N3O2S/c1-12(2)8-9-25(10-16(26)24-18-23-13(3)11-28-18)17(27)14-4-6-15(7-5-14)19(20,21)22/h4-7,11-12H,8-10H2,1-3H3,(H,23,24,26). The van der Waals surface area contributed by atoms with Gasteiger partial charge in [-0.2, -0.15) is 13.2 Å². The van der Waals surface area contributed by atoms with Gasteiger partial charge in [-0.05, 0) is 43.5 Å². The molecule has 0 aliphatic heterocycles. The maximum absolute atomic E-state index is 12.8. The van der Waals surface area contributed by atoms with Crippen molar-refractivity contribution in [2.45, 2.75) is 33.4 Å². The molecule has 2 rings (SSSR count). The number of alkyl halides is 3. The molecule has 0 saturated heterocycles. The number of carbonyl (C=O) groups excluding carboxylic acids is 2. The van der Waals surface area contributed by atoms with E-state index >= 15 is 0 Å². The highest BCUT2D eigenvalue weighted by atomic mass is 32.1. The minimum Gasteiger partial charge on any atom is -0.329 e. The zero-order chi connectivity index (χ0) is 20.9. The highest BCUT2D eigenvalue weighted by molar-refractivity contribution is 7.13. The number of thiazole rings is 1. The van der Waals surface area contributed by atoms with Crippen LogP contribution in [0.3, 0.4) is 0 Å². The van der Waals surface area contributed by atoms with Gasteiger partial charge in [-0.1, -0.05) is 13.8 Å². The summed E-state index contributed by atoms with van der Waals surface area (Å²) in [6.07, 6.45) is -3.80. The largest absolute Gasteiger partial charge is 0.416 e. The first kappa shape index (κ1) is 21.9. The summed E-state index contributed by atoms with van der Waals surface area (Å²) in [5.41, 5.74) is 0.0575. The van der Waals surface area contributed by atoms with E-state index in [9.17, 15) is 22.8 Å². The molecule has 0 fully saturated rings. The van der Waals surface area contributed by atoms with Crippen LogP contribution in [0.4, 0.5) is 18.3 Å². The van der Waals surface area contributed by atoms with Gasteiger partial charge in [0.2, 0.25) is 5.91 Å². The lowest BCUT2D eigenvalue weighted by Crippen LogP contribution is -2.39. The number of hydrogen-bond acceptors (Lipinski definition) is 4. The van der Waals surface area contributed by atoms with Crippen molar-refractivity contribution in [3.05, 3.63) is 46.5 Å². The number of hydrogen-bond donors (Lipinski definition) is 1. The maximum atomic E-state index is 12.8. The molecule has 1 heterocycles. The quantitative estimate of drug-likeness (QED) is 0.722. The molecule has 9 heteroatoms. The van der Waals surface area contributed by atoms with E-state index in [4.69, 9.17) is 0 Å². The van der Waals surface area contributed by atoms with Crippen molar-refractivity contribution in [3.63, 3.8) is 0 Å². The molecule has 1 aromatic carbocycles. The molecule has 0 spiro atoms. The Labute approximate surface area is 165 Å². The summed E-state index contributed by atoms with van der Waals surface area (Å²) in [5, 5.41) is 4.87. The summed E-state index contributed by atoms with van der Waals surface area (Å²) in [6, 6.07) is 4.00. The lowest BCUT2D eigenvalue weighted by Gasteiger charge is -2.23. The van der Waals surface area contributed by atoms with Crippen LogP contribution in [-0.2, 0) is 11.0 Å². The molecule has 0 radical (unpaired) electrons. The molecule has 1 N–H and O–H groups in total. The summed E-state index contributed by atoms with van der Waals surface area (Å²) in [4.78, 5) is 30.6. The predicted octanol–water partition coefficient (Wildman–Crippen LogP) is 4.60. The first-order valence-electron chi connectivity index (χ1n) is 8.74. The number of carbonyl (C=O) groups is 2. The third kappa shape index (κ3) is 6.33. The van der Waals surface area contributed by atoms with Gasteiger partial charge in [0, 0.05) is 17.5 Å². The zero-order valence-corrected chi connectivity index (χ0v) is 16.7. The highest BCUT2D eigenvalue weighted by Crippen LogP contribution is 2.29. The van der Waals surface area contributed by atoms with Gasteiger partial charge in [0.05, 0.1) is 11.3 Å². The normalized spacial score (nSPS) is 11.5. The first-order chi connectivity index (χ1) is 13.1. The summed E-state index contributed by atoms with van der Waals surface area (Å²) < 4.78 is 38.1. The molecule has 5 nitrogen and oxygen atoms in total. The highest BCUT2D eigenvalue weighted by Gasteiger charge is 2.30. The van der Waals surface area contributed by atoms with Gasteiger partial charge in [-0.25, -0.2) is 4.98 Å². The van der Waals surface area contributed by atoms with Crippen molar-refractivity contribution >= 4 is 28.3 Å². The smallest absolute Gasteiger partial charge is 0.329 e. The summed E-state index contributed by atoms with van der Waals surface area (Å²) in [5.74, 6) is -0.592. The van der Waals surface area contributed by atoms with E-state index in [-0.39, 0.29) is 12.1 Å². The van der Waals surface area contributed by atoms with Crippen molar-refractivity contribution in [1.82, 2.24) is 9.88 Å². The number of nitrogens with one attached hydrogen (secondary N) is 1. The van der Waals surface area contributed by atoms with Crippen LogP contribution < -0.4 is 5.32 Å².